The molecule has 0 saturated heterocycles. The lowest BCUT2D eigenvalue weighted by Gasteiger charge is -2.19. The Morgan fingerprint density at radius 2 is 0.714 bits per heavy atom. The van der Waals surface area contributed by atoms with Crippen LogP contribution >= 0.6 is 0 Å². The minimum Gasteiger partial charge on any atom is -0.192 e. The molecular weight excluding hydrogens is 677 g/mol. The van der Waals surface area contributed by atoms with Crippen molar-refractivity contribution in [1.82, 2.24) is 0 Å². The molecule has 10 aromatic rings. The van der Waals surface area contributed by atoms with Crippen molar-refractivity contribution in [3.63, 3.8) is 0 Å². The highest BCUT2D eigenvalue weighted by Gasteiger charge is 2.27. The second-order valence-corrected chi connectivity index (χ2v) is 15.5. The lowest BCUT2D eigenvalue weighted by Crippen LogP contribution is -1.93. The third-order valence-corrected chi connectivity index (χ3v) is 12.7. The van der Waals surface area contributed by atoms with Crippen molar-refractivity contribution in [1.29, 1.82) is 10.5 Å². The molecule has 2 heteroatoms. The lowest BCUT2D eigenvalue weighted by atomic mass is 9.84. The third-order valence-electron chi connectivity index (χ3n) is 12.7. The normalized spacial score (nSPS) is 12.1. The molecular formula is C54H30N2. The summed E-state index contributed by atoms with van der Waals surface area (Å²) >= 11 is 0. The van der Waals surface area contributed by atoms with Crippen LogP contribution in [0.25, 0.3) is 121 Å². The Hall–Kier alpha value is -7.52. The van der Waals surface area contributed by atoms with Crippen LogP contribution in [0.15, 0.2) is 146 Å². The summed E-state index contributed by atoms with van der Waals surface area (Å²) in [6.07, 6.45) is 0. The summed E-state index contributed by atoms with van der Waals surface area (Å²) in [4.78, 5) is 0. The quantitative estimate of drug-likeness (QED) is 0.168. The molecule has 56 heavy (non-hydrogen) atoms. The molecule has 0 unspecified atom stereocenters. The molecule has 0 saturated carbocycles. The van der Waals surface area contributed by atoms with E-state index in [1.165, 1.54) is 110 Å². The first kappa shape index (κ1) is 30.9. The first-order valence-corrected chi connectivity index (χ1v) is 19.1. The van der Waals surface area contributed by atoms with E-state index in [4.69, 9.17) is 0 Å². The van der Waals surface area contributed by atoms with Crippen LogP contribution in [-0.4, -0.2) is 0 Å². The molecule has 10 aromatic carbocycles. The molecule has 2 aliphatic carbocycles. The van der Waals surface area contributed by atoms with Gasteiger partial charge in [-0.25, -0.2) is 0 Å². The molecule has 0 aromatic heterocycles. The summed E-state index contributed by atoms with van der Waals surface area (Å²) < 4.78 is 0. The molecule has 0 atom stereocenters. The Labute approximate surface area is 323 Å². The third kappa shape index (κ3) is 4.03. The molecule has 0 bridgehead atoms. The molecule has 0 radical (unpaired) electrons. The zero-order valence-corrected chi connectivity index (χ0v) is 30.8. The number of aryl methyl sites for hydroxylation is 2. The maximum atomic E-state index is 10.2. The Bertz CT molecular complexity index is 3560. The number of benzene rings is 10. The standard InChI is InChI=1S/C54H30N2/c1-29-15-16-33(19-30(29)2)41-21-49-50(51-25-45-39-13-5-9-31-7-3-11-37(53(31)39)43(45)23-47(41)51)22-42(34-17-18-35(27-55)36(20-34)28-56)48-24-44-38-12-4-8-32-10-6-14-40(54(32)38)46(44)26-52(48)49/h3-26H,1-2H3. The van der Waals surface area contributed by atoms with Crippen LogP contribution in [0.2, 0.25) is 0 Å². The number of fused-ring (bicyclic) bond motifs is 11. The van der Waals surface area contributed by atoms with Gasteiger partial charge in [0.25, 0.3) is 0 Å². The van der Waals surface area contributed by atoms with Crippen LogP contribution in [0.3, 0.4) is 0 Å². The topological polar surface area (TPSA) is 47.6 Å². The summed E-state index contributed by atoms with van der Waals surface area (Å²) in [5, 5.41) is 32.2. The number of nitriles is 2. The monoisotopic (exact) mass is 706 g/mol. The van der Waals surface area contributed by atoms with Gasteiger partial charge in [-0.05, 0) is 194 Å². The Morgan fingerprint density at radius 1 is 0.321 bits per heavy atom. The Morgan fingerprint density at radius 3 is 1.16 bits per heavy atom. The van der Waals surface area contributed by atoms with Crippen molar-refractivity contribution in [2.24, 2.45) is 0 Å². The van der Waals surface area contributed by atoms with E-state index in [0.29, 0.717) is 11.1 Å². The van der Waals surface area contributed by atoms with Crippen molar-refractivity contribution in [2.75, 3.05) is 0 Å². The van der Waals surface area contributed by atoms with Crippen LogP contribution in [0, 0.1) is 36.5 Å². The van der Waals surface area contributed by atoms with E-state index in [1.54, 1.807) is 6.07 Å². The minimum atomic E-state index is 0.384. The molecule has 256 valence electrons. The van der Waals surface area contributed by atoms with Gasteiger partial charge in [-0.2, -0.15) is 10.5 Å². The van der Waals surface area contributed by atoms with Gasteiger partial charge in [-0.3, -0.25) is 0 Å². The molecule has 0 N–H and O–H groups in total. The fourth-order valence-corrected chi connectivity index (χ4v) is 9.90. The minimum absolute atomic E-state index is 0.384. The van der Waals surface area contributed by atoms with E-state index in [-0.39, 0.29) is 0 Å². The number of hydrogen-bond acceptors (Lipinski definition) is 2. The molecule has 0 heterocycles. The van der Waals surface area contributed by atoms with Crippen LogP contribution in [0.4, 0.5) is 0 Å². The largest absolute Gasteiger partial charge is 0.192 e. The van der Waals surface area contributed by atoms with Gasteiger partial charge in [0.05, 0.1) is 11.1 Å². The van der Waals surface area contributed by atoms with Gasteiger partial charge in [-0.1, -0.05) is 97.1 Å². The Kier molecular flexibility index (Phi) is 6.08. The maximum absolute atomic E-state index is 10.2. The first-order chi connectivity index (χ1) is 27.5. The van der Waals surface area contributed by atoms with Crippen molar-refractivity contribution >= 4 is 53.9 Å². The summed E-state index contributed by atoms with van der Waals surface area (Å²) in [5.74, 6) is 0. The second kappa shape index (κ2) is 11.0. The van der Waals surface area contributed by atoms with Gasteiger partial charge in [0, 0.05) is 0 Å². The van der Waals surface area contributed by atoms with Crippen LogP contribution < -0.4 is 0 Å². The van der Waals surface area contributed by atoms with Crippen LogP contribution in [0.5, 0.6) is 0 Å². The van der Waals surface area contributed by atoms with Gasteiger partial charge in [-0.15, -0.1) is 0 Å². The van der Waals surface area contributed by atoms with Gasteiger partial charge in [0.15, 0.2) is 0 Å². The predicted molar refractivity (Wildman–Crippen MR) is 233 cm³/mol. The SMILES string of the molecule is Cc1ccc(-c2cc3c4cc5c(cc4c(-c4ccc(C#N)c(C#N)c4)cc3c3cc4c(cc23)-c2cccc3cccc-4c23)-c2cccc3cccc-5c23)cc1C. The van der Waals surface area contributed by atoms with E-state index in [9.17, 15) is 10.5 Å². The maximum Gasteiger partial charge on any atom is 0.101 e. The average molecular weight is 707 g/mol. The summed E-state index contributed by atoms with van der Waals surface area (Å²) in [5.41, 5.74) is 17.8. The fraction of sp³-hybridized carbons (Fsp3) is 0.0370. The van der Waals surface area contributed by atoms with Crippen LogP contribution in [-0.2, 0) is 0 Å². The highest BCUT2D eigenvalue weighted by Crippen LogP contribution is 2.54. The zero-order valence-electron chi connectivity index (χ0n) is 30.8. The molecule has 0 fully saturated rings. The first-order valence-electron chi connectivity index (χ1n) is 19.1. The van der Waals surface area contributed by atoms with E-state index in [0.717, 1.165) is 21.9 Å². The Balaban J connectivity index is 1.28. The molecule has 2 nitrogen and oxygen atoms in total. The second-order valence-electron chi connectivity index (χ2n) is 15.5. The van der Waals surface area contributed by atoms with Gasteiger partial charge < -0.3 is 0 Å². The summed E-state index contributed by atoms with van der Waals surface area (Å²) in [6, 6.07) is 58.0. The molecule has 0 spiro atoms. The van der Waals surface area contributed by atoms with Crippen molar-refractivity contribution < 1.29 is 0 Å². The summed E-state index contributed by atoms with van der Waals surface area (Å²) in [6.45, 7) is 4.38. The van der Waals surface area contributed by atoms with Crippen molar-refractivity contribution in [3.05, 3.63) is 168 Å². The van der Waals surface area contributed by atoms with Crippen molar-refractivity contribution in [2.45, 2.75) is 13.8 Å². The highest BCUT2D eigenvalue weighted by molar-refractivity contribution is 6.29. The molecule has 0 amide bonds. The van der Waals surface area contributed by atoms with E-state index < -0.39 is 0 Å². The molecule has 0 aliphatic heterocycles. The molecule has 12 rings (SSSR count). The van der Waals surface area contributed by atoms with Gasteiger partial charge >= 0.3 is 0 Å². The fourth-order valence-electron chi connectivity index (χ4n) is 9.90. The number of rotatable bonds is 2. The van der Waals surface area contributed by atoms with Crippen molar-refractivity contribution in [3.8, 4) is 78.9 Å². The smallest absolute Gasteiger partial charge is 0.101 e. The number of nitrogens with zero attached hydrogens (tertiary/aromatic N) is 2. The predicted octanol–water partition coefficient (Wildman–Crippen LogP) is 14.4. The van der Waals surface area contributed by atoms with E-state index >= 15 is 0 Å². The van der Waals surface area contributed by atoms with Gasteiger partial charge in [0.1, 0.15) is 12.1 Å². The zero-order chi connectivity index (χ0) is 37.4. The number of hydrogen-bond donors (Lipinski definition) is 0. The average Bonchev–Trinajstić information content (AvgIpc) is 3.73. The van der Waals surface area contributed by atoms with Gasteiger partial charge in [0.2, 0.25) is 0 Å². The van der Waals surface area contributed by atoms with Crippen LogP contribution in [0.1, 0.15) is 22.3 Å². The molecule has 2 aliphatic rings. The highest BCUT2D eigenvalue weighted by atomic mass is 14.3. The summed E-state index contributed by atoms with van der Waals surface area (Å²) in [7, 11) is 0. The lowest BCUT2D eigenvalue weighted by molar-refractivity contribution is 1.34. The van der Waals surface area contributed by atoms with E-state index in [2.05, 4.69) is 153 Å². The van der Waals surface area contributed by atoms with E-state index in [1.807, 2.05) is 12.1 Å².